The summed E-state index contributed by atoms with van der Waals surface area (Å²) in [7, 11) is -1.87. The van der Waals surface area contributed by atoms with Gasteiger partial charge in [-0.25, -0.2) is 8.42 Å². The number of halogens is 2. The molecule has 0 aliphatic rings. The Kier molecular flexibility index (Phi) is 11.6. The molecular formula is C33H32BrClN4O7S. The fourth-order valence-electron chi connectivity index (χ4n) is 5.00. The lowest BCUT2D eigenvalue weighted by molar-refractivity contribution is -0.385. The van der Waals surface area contributed by atoms with Crippen molar-refractivity contribution in [2.45, 2.75) is 30.8 Å². The van der Waals surface area contributed by atoms with Crippen molar-refractivity contribution in [3.8, 4) is 5.75 Å². The highest BCUT2D eigenvalue weighted by Gasteiger charge is 2.36. The Morgan fingerprint density at radius 2 is 1.70 bits per heavy atom. The maximum Gasteiger partial charge on any atom is 0.273 e. The summed E-state index contributed by atoms with van der Waals surface area (Å²) in [4.78, 5) is 39.9. The normalized spacial score (nSPS) is 11.8. The number of nitrogens with zero attached hydrogens (tertiary/aromatic N) is 3. The Morgan fingerprint density at radius 3 is 2.34 bits per heavy atom. The molecule has 1 N–H and O–H groups in total. The highest BCUT2D eigenvalue weighted by molar-refractivity contribution is 9.10. The van der Waals surface area contributed by atoms with Gasteiger partial charge in [0.25, 0.3) is 15.7 Å². The summed E-state index contributed by atoms with van der Waals surface area (Å²) >= 11 is 9.75. The predicted molar refractivity (Wildman–Crippen MR) is 183 cm³/mol. The van der Waals surface area contributed by atoms with Crippen molar-refractivity contribution in [3.63, 3.8) is 0 Å². The van der Waals surface area contributed by atoms with Crippen LogP contribution in [0.25, 0.3) is 0 Å². The molecule has 4 rings (SSSR count). The molecule has 47 heavy (non-hydrogen) atoms. The van der Waals surface area contributed by atoms with Gasteiger partial charge in [-0.3, -0.25) is 24.0 Å². The number of nitro groups is 1. The first-order chi connectivity index (χ1) is 22.3. The SMILES string of the molecule is CNC(=O)[C@@H](Cc1ccccc1)N(Cc1cccc(Br)c1)C(=O)CN(c1cc(Cl)ccc1OC)S(=O)(=O)c1ccc(C)c([N+](=O)[O-])c1. The quantitative estimate of drug-likeness (QED) is 0.133. The lowest BCUT2D eigenvalue weighted by Gasteiger charge is -2.34. The number of amides is 2. The van der Waals surface area contributed by atoms with Crippen LogP contribution in [0.3, 0.4) is 0 Å². The third-order valence-corrected chi connectivity index (χ3v) is 9.90. The number of nitrogens with one attached hydrogen (secondary N) is 1. The average molecular weight is 744 g/mol. The van der Waals surface area contributed by atoms with Crippen molar-refractivity contribution >= 4 is 60.7 Å². The van der Waals surface area contributed by atoms with E-state index in [1.807, 2.05) is 36.4 Å². The van der Waals surface area contributed by atoms with Crippen molar-refractivity contribution in [2.24, 2.45) is 0 Å². The average Bonchev–Trinajstić information content (AvgIpc) is 3.05. The summed E-state index contributed by atoms with van der Waals surface area (Å²) in [5, 5.41) is 14.5. The minimum atomic E-state index is -4.66. The van der Waals surface area contributed by atoms with E-state index in [-0.39, 0.29) is 35.0 Å². The summed E-state index contributed by atoms with van der Waals surface area (Å²) < 4.78 is 35.7. The van der Waals surface area contributed by atoms with Gasteiger partial charge < -0.3 is 15.0 Å². The molecule has 0 aliphatic heterocycles. The van der Waals surface area contributed by atoms with E-state index in [4.69, 9.17) is 16.3 Å². The van der Waals surface area contributed by atoms with Crippen molar-refractivity contribution in [1.29, 1.82) is 0 Å². The third-order valence-electron chi connectivity index (χ3n) is 7.41. The third kappa shape index (κ3) is 8.47. The van der Waals surface area contributed by atoms with Gasteiger partial charge in [-0.05, 0) is 54.4 Å². The summed E-state index contributed by atoms with van der Waals surface area (Å²) in [5.74, 6) is -1.10. The molecule has 1 atom stereocenters. The van der Waals surface area contributed by atoms with E-state index < -0.39 is 49.9 Å². The smallest absolute Gasteiger partial charge is 0.273 e. The predicted octanol–water partition coefficient (Wildman–Crippen LogP) is 5.91. The molecule has 246 valence electrons. The Hall–Kier alpha value is -4.46. The van der Waals surface area contributed by atoms with E-state index in [0.29, 0.717) is 5.56 Å². The first-order valence-corrected chi connectivity index (χ1v) is 16.9. The van der Waals surface area contributed by atoms with Crippen LogP contribution in [0.4, 0.5) is 11.4 Å². The molecule has 0 aliphatic carbocycles. The first kappa shape index (κ1) is 35.4. The van der Waals surface area contributed by atoms with Gasteiger partial charge >= 0.3 is 0 Å². The monoisotopic (exact) mass is 742 g/mol. The molecule has 0 heterocycles. The summed E-state index contributed by atoms with van der Waals surface area (Å²) in [6.07, 6.45) is 0.137. The zero-order valence-corrected chi connectivity index (χ0v) is 28.9. The first-order valence-electron chi connectivity index (χ1n) is 14.3. The van der Waals surface area contributed by atoms with Gasteiger partial charge in [0, 0.05) is 41.1 Å². The van der Waals surface area contributed by atoms with Crippen molar-refractivity contribution < 1.29 is 27.7 Å². The van der Waals surface area contributed by atoms with Crippen LogP contribution in [0.15, 0.2) is 100 Å². The molecule has 0 saturated heterocycles. The molecule has 0 unspecified atom stereocenters. The maximum absolute atomic E-state index is 14.5. The number of anilines is 1. The molecule has 4 aromatic carbocycles. The van der Waals surface area contributed by atoms with E-state index in [0.717, 1.165) is 20.4 Å². The Balaban J connectivity index is 1.88. The van der Waals surface area contributed by atoms with Crippen LogP contribution in [0, 0.1) is 17.0 Å². The summed E-state index contributed by atoms with van der Waals surface area (Å²) in [5.41, 5.74) is 1.24. The maximum atomic E-state index is 14.5. The number of sulfonamides is 1. The fourth-order valence-corrected chi connectivity index (χ4v) is 7.05. The number of hydrogen-bond donors (Lipinski definition) is 1. The number of nitro benzene ring substituents is 1. The van der Waals surface area contributed by atoms with Gasteiger partial charge in [0.2, 0.25) is 11.8 Å². The van der Waals surface area contributed by atoms with Crippen LogP contribution in [0.2, 0.25) is 5.02 Å². The number of carbonyl (C=O) groups excluding carboxylic acids is 2. The zero-order chi connectivity index (χ0) is 34.3. The molecular weight excluding hydrogens is 712 g/mol. The summed E-state index contributed by atoms with van der Waals surface area (Å²) in [6, 6.07) is 23.0. The molecule has 0 aromatic heterocycles. The second-order valence-electron chi connectivity index (χ2n) is 10.5. The number of ether oxygens (including phenoxy) is 1. The number of carbonyl (C=O) groups is 2. The van der Waals surface area contributed by atoms with Gasteiger partial charge in [0.15, 0.2) is 0 Å². The van der Waals surface area contributed by atoms with Crippen LogP contribution >= 0.6 is 27.5 Å². The van der Waals surface area contributed by atoms with Gasteiger partial charge in [0.1, 0.15) is 18.3 Å². The Bertz CT molecular complexity index is 1890. The number of aryl methyl sites for hydroxylation is 1. The Labute approximate surface area is 286 Å². The topological polar surface area (TPSA) is 139 Å². The highest BCUT2D eigenvalue weighted by Crippen LogP contribution is 2.36. The standard InChI is InChI=1S/C33H32BrClN4O7S/c1-22-12-14-27(19-28(22)39(42)43)47(44,45)38(29-18-26(35)13-15-31(29)46-3)21-32(40)37(20-24-10-7-11-25(34)16-24)30(33(41)36-2)17-23-8-5-4-6-9-23/h4-16,18-19,30H,17,20-21H2,1-3H3,(H,36,41)/t30-/m1/s1. The van der Waals surface area contributed by atoms with Crippen molar-refractivity contribution in [1.82, 2.24) is 10.2 Å². The molecule has 0 radical (unpaired) electrons. The van der Waals surface area contributed by atoms with E-state index in [9.17, 15) is 28.1 Å². The molecule has 0 fully saturated rings. The number of likely N-dealkylation sites (N-methyl/N-ethyl adjacent to an activating group) is 1. The molecule has 2 amide bonds. The minimum absolute atomic E-state index is 0.0419. The molecule has 0 saturated carbocycles. The molecule has 0 bridgehead atoms. The van der Waals surface area contributed by atoms with Crippen LogP contribution < -0.4 is 14.4 Å². The zero-order valence-electron chi connectivity index (χ0n) is 25.7. The second-order valence-corrected chi connectivity index (χ2v) is 13.7. The highest BCUT2D eigenvalue weighted by atomic mass is 79.9. The van der Waals surface area contributed by atoms with Crippen LogP contribution in [0.5, 0.6) is 5.75 Å². The van der Waals surface area contributed by atoms with Crippen molar-refractivity contribution in [2.75, 3.05) is 25.0 Å². The largest absolute Gasteiger partial charge is 0.495 e. The van der Waals surface area contributed by atoms with E-state index in [1.54, 1.807) is 18.2 Å². The van der Waals surface area contributed by atoms with E-state index >= 15 is 0 Å². The summed E-state index contributed by atoms with van der Waals surface area (Å²) in [6.45, 7) is 0.651. The van der Waals surface area contributed by atoms with Crippen molar-refractivity contribution in [3.05, 3.63) is 127 Å². The number of methoxy groups -OCH3 is 1. The van der Waals surface area contributed by atoms with E-state index in [1.165, 1.54) is 56.3 Å². The molecule has 11 nitrogen and oxygen atoms in total. The number of hydrogen-bond acceptors (Lipinski definition) is 7. The number of rotatable bonds is 13. The molecule has 14 heteroatoms. The lowest BCUT2D eigenvalue weighted by atomic mass is 10.0. The lowest BCUT2D eigenvalue weighted by Crippen LogP contribution is -2.53. The van der Waals surface area contributed by atoms with Crippen LogP contribution in [-0.4, -0.2) is 56.8 Å². The van der Waals surface area contributed by atoms with Gasteiger partial charge in [-0.15, -0.1) is 0 Å². The van der Waals surface area contributed by atoms with Crippen LogP contribution in [0.1, 0.15) is 16.7 Å². The van der Waals surface area contributed by atoms with Gasteiger partial charge in [-0.2, -0.15) is 0 Å². The van der Waals surface area contributed by atoms with Crippen LogP contribution in [-0.2, 0) is 32.6 Å². The molecule has 0 spiro atoms. The van der Waals surface area contributed by atoms with E-state index in [2.05, 4.69) is 21.2 Å². The number of benzene rings is 4. The molecule has 4 aromatic rings. The van der Waals surface area contributed by atoms with Gasteiger partial charge in [-0.1, -0.05) is 76.1 Å². The fraction of sp³-hybridized carbons (Fsp3) is 0.212. The second kappa shape index (κ2) is 15.4. The Morgan fingerprint density at radius 1 is 1.00 bits per heavy atom. The van der Waals surface area contributed by atoms with Gasteiger partial charge in [0.05, 0.1) is 22.6 Å². The minimum Gasteiger partial charge on any atom is -0.495 e.